The van der Waals surface area contributed by atoms with E-state index < -0.39 is 0 Å². The number of esters is 1. The van der Waals surface area contributed by atoms with Gasteiger partial charge in [-0.3, -0.25) is 4.79 Å². The molecule has 2 aromatic carbocycles. The van der Waals surface area contributed by atoms with Gasteiger partial charge in [-0.25, -0.2) is 4.79 Å². The summed E-state index contributed by atoms with van der Waals surface area (Å²) >= 11 is 0. The first kappa shape index (κ1) is 14.5. The third-order valence-electron chi connectivity index (χ3n) is 4.28. The summed E-state index contributed by atoms with van der Waals surface area (Å²) in [6, 6.07) is 12.1. The van der Waals surface area contributed by atoms with E-state index in [2.05, 4.69) is 12.1 Å². The number of hydrogen-bond acceptors (Lipinski definition) is 3. The summed E-state index contributed by atoms with van der Waals surface area (Å²) in [7, 11) is 1.41. The maximum atomic E-state index is 12.0. The molecule has 0 atom stereocenters. The zero-order valence-electron chi connectivity index (χ0n) is 12.6. The molecule has 0 saturated carbocycles. The third kappa shape index (κ3) is 2.80. The molecule has 0 unspecified atom stereocenters. The number of rotatable bonds is 2. The SMILES string of the molecule is COC(=O)c1cc2ccc1CCc1ccc(cc1C=O)CC2. The van der Waals surface area contributed by atoms with Crippen molar-refractivity contribution in [3.63, 3.8) is 0 Å². The Balaban J connectivity index is 2.05. The molecule has 0 heterocycles. The van der Waals surface area contributed by atoms with E-state index in [4.69, 9.17) is 4.74 Å². The minimum absolute atomic E-state index is 0.293. The summed E-state index contributed by atoms with van der Waals surface area (Å²) in [5.41, 5.74) is 5.66. The summed E-state index contributed by atoms with van der Waals surface area (Å²) in [4.78, 5) is 23.3. The van der Waals surface area contributed by atoms with E-state index in [0.29, 0.717) is 12.0 Å². The fourth-order valence-corrected chi connectivity index (χ4v) is 2.99. The molecular formula is C19H18O3. The zero-order valence-corrected chi connectivity index (χ0v) is 12.6. The van der Waals surface area contributed by atoms with Crippen molar-refractivity contribution in [3.05, 3.63) is 69.8 Å². The highest BCUT2D eigenvalue weighted by Gasteiger charge is 2.15. The van der Waals surface area contributed by atoms with Gasteiger partial charge in [-0.1, -0.05) is 24.3 Å². The predicted octanol–water partition coefficient (Wildman–Crippen LogP) is 3.17. The highest BCUT2D eigenvalue weighted by Crippen LogP contribution is 2.21. The van der Waals surface area contributed by atoms with Crippen molar-refractivity contribution in [2.24, 2.45) is 0 Å². The maximum absolute atomic E-state index is 12.0. The maximum Gasteiger partial charge on any atom is 0.338 e. The molecule has 0 aliphatic heterocycles. The second-order valence-corrected chi connectivity index (χ2v) is 5.63. The Kier molecular flexibility index (Phi) is 4.05. The van der Waals surface area contributed by atoms with Crippen molar-refractivity contribution in [1.29, 1.82) is 0 Å². The van der Waals surface area contributed by atoms with Crippen LogP contribution >= 0.6 is 0 Å². The van der Waals surface area contributed by atoms with Gasteiger partial charge in [0, 0.05) is 5.56 Å². The lowest BCUT2D eigenvalue weighted by atomic mass is 9.91. The zero-order chi connectivity index (χ0) is 15.5. The van der Waals surface area contributed by atoms with Gasteiger partial charge >= 0.3 is 5.97 Å². The molecule has 3 heteroatoms. The molecule has 2 aromatic rings. The number of aldehydes is 1. The summed E-state index contributed by atoms with van der Waals surface area (Å²) in [6.45, 7) is 0. The van der Waals surface area contributed by atoms with Gasteiger partial charge in [0.1, 0.15) is 6.29 Å². The Morgan fingerprint density at radius 3 is 2.27 bits per heavy atom. The van der Waals surface area contributed by atoms with Crippen molar-refractivity contribution >= 4 is 12.3 Å². The lowest BCUT2D eigenvalue weighted by Crippen LogP contribution is -2.09. The number of aryl methyl sites for hydroxylation is 4. The van der Waals surface area contributed by atoms with E-state index in [1.54, 1.807) is 0 Å². The molecule has 112 valence electrons. The number of carbonyl (C=O) groups excluding carboxylic acids is 2. The van der Waals surface area contributed by atoms with Crippen LogP contribution in [0.25, 0.3) is 0 Å². The van der Waals surface area contributed by atoms with Crippen LogP contribution < -0.4 is 0 Å². The van der Waals surface area contributed by atoms with Crippen LogP contribution in [0.4, 0.5) is 0 Å². The van der Waals surface area contributed by atoms with E-state index in [9.17, 15) is 9.59 Å². The van der Waals surface area contributed by atoms with Gasteiger partial charge in [0.15, 0.2) is 0 Å². The molecule has 0 amide bonds. The first-order chi connectivity index (χ1) is 10.7. The molecule has 0 N–H and O–H groups in total. The lowest BCUT2D eigenvalue weighted by molar-refractivity contribution is 0.0599. The molecule has 4 bridgehead atoms. The van der Waals surface area contributed by atoms with E-state index in [-0.39, 0.29) is 5.97 Å². The van der Waals surface area contributed by atoms with Crippen LogP contribution in [0.3, 0.4) is 0 Å². The Morgan fingerprint density at radius 1 is 0.955 bits per heavy atom. The lowest BCUT2D eigenvalue weighted by Gasteiger charge is -2.14. The summed E-state index contributed by atoms with van der Waals surface area (Å²) in [6.07, 6.45) is 4.05. The van der Waals surface area contributed by atoms with Gasteiger partial charge in [0.05, 0.1) is 12.7 Å². The average molecular weight is 294 g/mol. The molecule has 3 nitrogen and oxygen atoms in total. The quantitative estimate of drug-likeness (QED) is 0.631. The van der Waals surface area contributed by atoms with E-state index in [1.807, 2.05) is 24.3 Å². The Bertz CT molecular complexity index is 731. The minimum atomic E-state index is -0.293. The van der Waals surface area contributed by atoms with Crippen LogP contribution in [0.15, 0.2) is 36.4 Å². The second kappa shape index (κ2) is 6.14. The molecule has 0 fully saturated rings. The van der Waals surface area contributed by atoms with Gasteiger partial charge in [-0.2, -0.15) is 0 Å². The van der Waals surface area contributed by atoms with E-state index in [0.717, 1.165) is 53.4 Å². The van der Waals surface area contributed by atoms with Crippen LogP contribution in [0.2, 0.25) is 0 Å². The average Bonchev–Trinajstić information content (AvgIpc) is 2.56. The third-order valence-corrected chi connectivity index (χ3v) is 4.28. The summed E-state index contributed by atoms with van der Waals surface area (Å²) in [5.74, 6) is -0.293. The van der Waals surface area contributed by atoms with Crippen LogP contribution in [-0.4, -0.2) is 19.4 Å². The Labute approximate surface area is 129 Å². The molecular weight excluding hydrogens is 276 g/mol. The normalized spacial score (nSPS) is 13.3. The van der Waals surface area contributed by atoms with Crippen LogP contribution in [0, 0.1) is 0 Å². The molecule has 0 radical (unpaired) electrons. The van der Waals surface area contributed by atoms with Gasteiger partial charge in [-0.05, 0) is 60.1 Å². The topological polar surface area (TPSA) is 43.4 Å². The predicted molar refractivity (Wildman–Crippen MR) is 84.4 cm³/mol. The molecule has 0 spiro atoms. The monoisotopic (exact) mass is 294 g/mol. The smallest absolute Gasteiger partial charge is 0.338 e. The van der Waals surface area contributed by atoms with Crippen molar-refractivity contribution in [3.8, 4) is 0 Å². The highest BCUT2D eigenvalue weighted by atomic mass is 16.5. The number of benzene rings is 2. The van der Waals surface area contributed by atoms with Gasteiger partial charge < -0.3 is 4.74 Å². The molecule has 0 aromatic heterocycles. The second-order valence-electron chi connectivity index (χ2n) is 5.63. The Hall–Kier alpha value is -2.42. The standard InChI is InChI=1S/C19H18O3/c1-22-19(21)18-11-14-3-2-13-4-6-15(17(10-13)12-20)8-9-16(18)7-5-14/h4-7,10-12H,2-3,8-9H2,1H3. The van der Waals surface area contributed by atoms with Crippen molar-refractivity contribution < 1.29 is 14.3 Å². The number of ether oxygens (including phenoxy) is 1. The van der Waals surface area contributed by atoms with Gasteiger partial charge in [0.2, 0.25) is 0 Å². The molecule has 6 rings (SSSR count). The molecule has 4 aliphatic carbocycles. The largest absolute Gasteiger partial charge is 0.465 e. The Morgan fingerprint density at radius 2 is 1.59 bits per heavy atom. The number of hydrogen-bond donors (Lipinski definition) is 0. The first-order valence-electron chi connectivity index (χ1n) is 7.48. The highest BCUT2D eigenvalue weighted by molar-refractivity contribution is 5.91. The summed E-state index contributed by atoms with van der Waals surface area (Å²) in [5, 5.41) is 0. The molecule has 4 aliphatic rings. The van der Waals surface area contributed by atoms with E-state index >= 15 is 0 Å². The number of methoxy groups -OCH3 is 1. The summed E-state index contributed by atoms with van der Waals surface area (Å²) < 4.78 is 4.90. The fourth-order valence-electron chi connectivity index (χ4n) is 2.99. The fraction of sp³-hybridized carbons (Fsp3) is 0.263. The first-order valence-corrected chi connectivity index (χ1v) is 7.48. The van der Waals surface area contributed by atoms with Gasteiger partial charge in [-0.15, -0.1) is 0 Å². The van der Waals surface area contributed by atoms with Crippen LogP contribution in [-0.2, 0) is 30.4 Å². The minimum Gasteiger partial charge on any atom is -0.465 e. The van der Waals surface area contributed by atoms with Gasteiger partial charge in [0.25, 0.3) is 0 Å². The van der Waals surface area contributed by atoms with Crippen molar-refractivity contribution in [2.75, 3.05) is 7.11 Å². The number of carbonyl (C=O) groups is 2. The van der Waals surface area contributed by atoms with Crippen LogP contribution in [0.5, 0.6) is 0 Å². The van der Waals surface area contributed by atoms with Crippen molar-refractivity contribution in [2.45, 2.75) is 25.7 Å². The molecule has 22 heavy (non-hydrogen) atoms. The van der Waals surface area contributed by atoms with Crippen molar-refractivity contribution in [1.82, 2.24) is 0 Å². The van der Waals surface area contributed by atoms with E-state index in [1.165, 1.54) is 7.11 Å². The van der Waals surface area contributed by atoms with Crippen LogP contribution in [0.1, 0.15) is 43.0 Å². The molecule has 0 saturated heterocycles.